The van der Waals surface area contributed by atoms with Gasteiger partial charge in [-0.05, 0) is 128 Å². The molecule has 3 aromatic carbocycles. The predicted molar refractivity (Wildman–Crippen MR) is 387 cm³/mol. The number of nitrogens with zero attached hydrogens (tertiary/aromatic N) is 18. The van der Waals surface area contributed by atoms with Gasteiger partial charge in [0.2, 0.25) is 22.4 Å². The Kier molecular flexibility index (Phi) is 25.8. The molecule has 2 atom stereocenters. The first-order valence-corrected chi connectivity index (χ1v) is 33.0. The number of hydrogen-bond acceptors (Lipinski definition) is 26. The summed E-state index contributed by atoms with van der Waals surface area (Å²) < 4.78 is 62.8. The number of carbonyl (C=O) groups excluding carboxylic acids is 3. The SMILES string of the molecule is CC(=O)OC(=O)C(F)(F)F.COc1cc(C#N)cc(-n2cnc(Nc3nc(Cl)nn4cccc34)c2)c1.COc1cc(C(N)=O)cc(-n2cnc(Nc3nc(Cl)nn4cccc34)c2)c1.COc1cc(O)cc(-n2cnc(Nc3nc(N4CCC[C@H]4CO)nn4cccc34)c2)c1.OC[C@@H]1CCCN1.c1ccncc1. The highest BCUT2D eigenvalue weighted by molar-refractivity contribution is 6.28. The molecule has 13 aromatic rings. The van der Waals surface area contributed by atoms with Crippen molar-refractivity contribution in [1.82, 2.24) is 82.7 Å². The Labute approximate surface area is 616 Å². The van der Waals surface area contributed by atoms with E-state index < -0.39 is 24.0 Å². The number of alkyl halides is 3. The first-order chi connectivity index (χ1) is 51.6. The number of pyridine rings is 1. The monoisotopic (exact) mass is 1510 g/mol. The maximum atomic E-state index is 11.5. The molecule has 38 heteroatoms. The van der Waals surface area contributed by atoms with Crippen molar-refractivity contribution < 1.29 is 61.8 Å². The number of imidazole rings is 3. The van der Waals surface area contributed by atoms with Crippen LogP contribution in [0.4, 0.5) is 54.0 Å². The van der Waals surface area contributed by atoms with Crippen LogP contribution in [0.25, 0.3) is 33.6 Å². The maximum Gasteiger partial charge on any atom is 0.491 e. The fourth-order valence-electron chi connectivity index (χ4n) is 10.5. The highest BCUT2D eigenvalue weighted by Crippen LogP contribution is 2.31. The second-order valence-corrected chi connectivity index (χ2v) is 23.5. The number of rotatable bonds is 16. The number of aromatic nitrogens is 16. The third kappa shape index (κ3) is 20.7. The van der Waals surface area contributed by atoms with Gasteiger partial charge in [-0.15, -0.1) is 15.3 Å². The summed E-state index contributed by atoms with van der Waals surface area (Å²) in [4.78, 5) is 63.1. The van der Waals surface area contributed by atoms with E-state index in [-0.39, 0.29) is 29.0 Å². The minimum absolute atomic E-state index is 0.0285. The normalized spacial score (nSPS) is 13.5. The molecule has 0 radical (unpaired) electrons. The molecule has 2 saturated heterocycles. The number of ether oxygens (including phenoxy) is 4. The van der Waals surface area contributed by atoms with Gasteiger partial charge in [0, 0.05) is 86.4 Å². The molecule has 12 heterocycles. The van der Waals surface area contributed by atoms with Crippen molar-refractivity contribution in [3.8, 4) is 46.1 Å². The number of anilines is 7. The van der Waals surface area contributed by atoms with Gasteiger partial charge in [-0.2, -0.15) is 33.4 Å². The van der Waals surface area contributed by atoms with E-state index in [1.54, 1.807) is 140 Å². The van der Waals surface area contributed by atoms with Crippen molar-refractivity contribution in [2.24, 2.45) is 5.73 Å². The third-order valence-electron chi connectivity index (χ3n) is 15.5. The van der Waals surface area contributed by atoms with E-state index in [1.807, 2.05) is 84.0 Å². The fraction of sp³-hybridized carbons (Fsp3) is 0.217. The van der Waals surface area contributed by atoms with Gasteiger partial charge in [0.1, 0.15) is 76.0 Å². The molecule has 0 spiro atoms. The zero-order valence-electron chi connectivity index (χ0n) is 57.3. The Morgan fingerprint density at radius 1 is 0.645 bits per heavy atom. The molecule has 0 aliphatic carbocycles. The Balaban J connectivity index is 0.000000149. The minimum atomic E-state index is -5.09. The lowest BCUT2D eigenvalue weighted by molar-refractivity contribution is -0.201. The molecule has 33 nitrogen and oxygen atoms in total. The number of primary amides is 1. The van der Waals surface area contributed by atoms with E-state index in [0.29, 0.717) is 94.5 Å². The molecule has 554 valence electrons. The Bertz CT molecular complexity index is 5190. The van der Waals surface area contributed by atoms with Crippen LogP contribution >= 0.6 is 23.2 Å². The van der Waals surface area contributed by atoms with Crippen LogP contribution in [0.15, 0.2) is 178 Å². The van der Waals surface area contributed by atoms with E-state index >= 15 is 0 Å². The largest absolute Gasteiger partial charge is 0.508 e. The van der Waals surface area contributed by atoms with Gasteiger partial charge in [0.25, 0.3) is 0 Å². The minimum Gasteiger partial charge on any atom is -0.508 e. The van der Waals surface area contributed by atoms with Gasteiger partial charge in [-0.25, -0.2) is 33.3 Å². The number of fused-ring (bicyclic) bond motifs is 3. The lowest BCUT2D eigenvalue weighted by Gasteiger charge is -2.23. The molecule has 2 fully saturated rings. The molecule has 107 heavy (non-hydrogen) atoms. The van der Waals surface area contributed by atoms with Crippen LogP contribution in [-0.2, 0) is 14.3 Å². The maximum absolute atomic E-state index is 11.5. The molecule has 0 bridgehead atoms. The summed E-state index contributed by atoms with van der Waals surface area (Å²) in [6, 6.07) is 34.7. The number of halogens is 5. The molecule has 0 unspecified atom stereocenters. The van der Waals surface area contributed by atoms with Gasteiger partial charge < -0.3 is 79.9 Å². The van der Waals surface area contributed by atoms with Crippen molar-refractivity contribution in [3.05, 3.63) is 199 Å². The molecular weight excluding hydrogens is 1440 g/mol. The Morgan fingerprint density at radius 2 is 1.14 bits per heavy atom. The zero-order valence-corrected chi connectivity index (χ0v) is 58.8. The number of amides is 1. The number of nitrogens with one attached hydrogen (secondary N) is 4. The van der Waals surface area contributed by atoms with Crippen molar-refractivity contribution in [2.45, 2.75) is 50.9 Å². The standard InChI is InChI=1S/C21H23N7O3.C17H14ClN7O2.C17H12ClN7O.C5H11NO.C5H5N.C4H3F3O3/c1-31-17-9-15(8-16(30)10-17)26-11-19(22-13-26)23-20-18-5-3-7-28(18)25-21(24-20)27-6-2-4-14(27)12-29;1-27-12-6-10(15(19)26)5-11(7-12)24-8-14(20-9-24)21-16-13-3-2-4-25(13)23-17(18)22-16;1-26-13-6-11(8-19)5-12(7-13)24-9-15(20-10-24)21-16-14-3-2-4-25(14)23-17(18)22-16;7-4-5-2-1-3-6-5;1-2-4-6-5-3-1;1-2(8)10-3(9)4(5,6)7/h3,5,7-11,13-14,29-30H,2,4,6,12H2,1H3,(H,23,24,25);2-9H,1H3,(H2,19,26)(H,21,22,23);2-7,9-10H,1H3,(H,21,22,23);5-7H,1-4H2;1-5H;1H3/t14-;;;5-;;/m0..0../s1. The lowest BCUT2D eigenvalue weighted by atomic mass is 10.1. The number of phenols is 1. The van der Waals surface area contributed by atoms with E-state index in [0.717, 1.165) is 60.3 Å². The van der Waals surface area contributed by atoms with Crippen molar-refractivity contribution in [2.75, 3.05) is 68.5 Å². The molecule has 0 saturated carbocycles. The van der Waals surface area contributed by atoms with Gasteiger partial charge >= 0.3 is 18.1 Å². The molecule has 15 rings (SSSR count). The summed E-state index contributed by atoms with van der Waals surface area (Å²) in [6.07, 6.45) is 18.3. The Hall–Kier alpha value is -13.0. The average Bonchev–Trinajstić information content (AvgIpc) is 1.68. The molecule has 1 amide bonds. The fourth-order valence-corrected chi connectivity index (χ4v) is 10.9. The second kappa shape index (κ2) is 36.0. The number of hydrogen-bond donors (Lipinski definition) is 8. The number of aliphatic hydroxyl groups is 2. The van der Waals surface area contributed by atoms with Crippen molar-refractivity contribution >= 4 is 98.5 Å². The van der Waals surface area contributed by atoms with Crippen LogP contribution < -0.4 is 46.1 Å². The first-order valence-electron chi connectivity index (χ1n) is 32.2. The van der Waals surface area contributed by atoms with Gasteiger partial charge in [-0.1, -0.05) is 6.07 Å². The summed E-state index contributed by atoms with van der Waals surface area (Å²) in [5, 5.41) is 63.0. The van der Waals surface area contributed by atoms with Gasteiger partial charge in [0.15, 0.2) is 17.5 Å². The van der Waals surface area contributed by atoms with Crippen LogP contribution in [0.3, 0.4) is 0 Å². The van der Waals surface area contributed by atoms with E-state index in [4.69, 9.17) is 58.5 Å². The second-order valence-electron chi connectivity index (χ2n) is 22.9. The van der Waals surface area contributed by atoms with E-state index in [1.165, 1.54) is 13.5 Å². The van der Waals surface area contributed by atoms with Crippen LogP contribution in [0, 0.1) is 11.3 Å². The molecule has 2 aliphatic rings. The van der Waals surface area contributed by atoms with Crippen LogP contribution in [0.5, 0.6) is 23.0 Å². The van der Waals surface area contributed by atoms with Gasteiger partial charge in [0.05, 0.1) is 87.9 Å². The highest BCUT2D eigenvalue weighted by atomic mass is 35.5. The average molecular weight is 1510 g/mol. The summed E-state index contributed by atoms with van der Waals surface area (Å²) in [7, 11) is 4.63. The number of aliphatic hydroxyl groups excluding tert-OH is 2. The Morgan fingerprint density at radius 3 is 1.56 bits per heavy atom. The number of nitriles is 1. The number of esters is 2. The van der Waals surface area contributed by atoms with Gasteiger partial charge in [-0.3, -0.25) is 14.6 Å². The number of benzene rings is 3. The smallest absolute Gasteiger partial charge is 0.491 e. The number of phenolic OH excluding ortho intramolecular Hbond substituents is 1. The number of carbonyl (C=O) groups is 3. The van der Waals surface area contributed by atoms with Crippen LogP contribution in [0.1, 0.15) is 48.5 Å². The predicted octanol–water partition coefficient (Wildman–Crippen LogP) is 9.40. The summed E-state index contributed by atoms with van der Waals surface area (Å²) in [5.41, 5.74) is 10.7. The lowest BCUT2D eigenvalue weighted by Crippen LogP contribution is -2.34. The summed E-state index contributed by atoms with van der Waals surface area (Å²) in [6.45, 7) is 2.99. The van der Waals surface area contributed by atoms with Crippen LogP contribution in [0.2, 0.25) is 10.6 Å². The quantitative estimate of drug-likeness (QED) is 0.0329. The third-order valence-corrected chi connectivity index (χ3v) is 15.9. The van der Waals surface area contributed by atoms with Crippen molar-refractivity contribution in [3.63, 3.8) is 0 Å². The molecule has 10 aromatic heterocycles. The topological polar surface area (TPSA) is 407 Å². The number of nitrogens with two attached hydrogens (primary N) is 1. The number of aromatic hydroxyl groups is 1. The summed E-state index contributed by atoms with van der Waals surface area (Å²) in [5.74, 6) is 1.43. The van der Waals surface area contributed by atoms with Crippen LogP contribution in [-0.4, -0.2) is 176 Å². The number of methoxy groups -OCH3 is 3. The zero-order chi connectivity index (χ0) is 76.2. The first kappa shape index (κ1) is 76.7. The van der Waals surface area contributed by atoms with E-state index in [9.17, 15) is 37.8 Å². The summed E-state index contributed by atoms with van der Waals surface area (Å²) >= 11 is 11.9. The molecular formula is C69H68Cl2F3N23O10. The van der Waals surface area contributed by atoms with E-state index in [2.05, 4.69) is 77.3 Å². The highest BCUT2D eigenvalue weighted by Gasteiger charge is 2.42. The molecule has 2 aliphatic heterocycles. The van der Waals surface area contributed by atoms with Crippen molar-refractivity contribution in [1.29, 1.82) is 5.26 Å². The molecule has 9 N–H and O–H groups in total.